The van der Waals surface area contributed by atoms with Crippen LogP contribution in [0.15, 0.2) is 24.3 Å². The van der Waals surface area contributed by atoms with Gasteiger partial charge in [-0.3, -0.25) is 4.79 Å². The van der Waals surface area contributed by atoms with Gasteiger partial charge in [0.2, 0.25) is 5.91 Å². The van der Waals surface area contributed by atoms with Crippen LogP contribution in [0, 0.1) is 0 Å². The molecule has 2 atom stereocenters. The van der Waals surface area contributed by atoms with Crippen LogP contribution in [0.25, 0.3) is 0 Å². The Bertz CT molecular complexity index is 311. The summed E-state index contributed by atoms with van der Waals surface area (Å²) in [5.74, 6) is -0.0218. The minimum atomic E-state index is -0.390. The number of hydrogen-bond acceptors (Lipinski definition) is 3. The lowest BCUT2D eigenvalue weighted by atomic mass is 10.2. The molecule has 96 valence electrons. The Labute approximate surface area is 103 Å². The van der Waals surface area contributed by atoms with Crippen LogP contribution in [0.1, 0.15) is 13.3 Å². The number of allylic oxidation sites excluding steroid dienone is 3. The van der Waals surface area contributed by atoms with Crippen molar-refractivity contribution in [2.24, 2.45) is 0 Å². The molecule has 2 unspecified atom stereocenters. The fraction of sp³-hybridized carbons (Fsp3) is 0.615. The zero-order valence-electron chi connectivity index (χ0n) is 10.8. The highest BCUT2D eigenvalue weighted by molar-refractivity contribution is 5.88. The average Bonchev–Trinajstić information content (AvgIpc) is 2.58. The summed E-state index contributed by atoms with van der Waals surface area (Å²) in [5.41, 5.74) is 0. The summed E-state index contributed by atoms with van der Waals surface area (Å²) < 4.78 is 0. The molecule has 1 saturated heterocycles. The number of aliphatic hydroxyl groups excluding tert-OH is 1. The zero-order chi connectivity index (χ0) is 12.8. The smallest absolute Gasteiger partial charge is 0.246 e. The topological polar surface area (TPSA) is 43.8 Å². The Balaban J connectivity index is 2.63. The molecule has 0 aromatic carbocycles. The Morgan fingerprint density at radius 3 is 2.76 bits per heavy atom. The molecule has 1 amide bonds. The van der Waals surface area contributed by atoms with Crippen LogP contribution < -0.4 is 0 Å². The Morgan fingerprint density at radius 2 is 2.18 bits per heavy atom. The van der Waals surface area contributed by atoms with Crippen molar-refractivity contribution in [1.82, 2.24) is 9.80 Å². The summed E-state index contributed by atoms with van der Waals surface area (Å²) in [4.78, 5) is 15.7. The summed E-state index contributed by atoms with van der Waals surface area (Å²) >= 11 is 0. The molecule has 4 heteroatoms. The van der Waals surface area contributed by atoms with E-state index in [1.54, 1.807) is 17.1 Å². The Kier molecular flexibility index (Phi) is 5.38. The van der Waals surface area contributed by atoms with E-state index >= 15 is 0 Å². The van der Waals surface area contributed by atoms with Crippen molar-refractivity contribution < 1.29 is 9.90 Å². The normalized spacial score (nSPS) is 25.6. The van der Waals surface area contributed by atoms with Gasteiger partial charge in [-0.15, -0.1) is 0 Å². The molecule has 4 nitrogen and oxygen atoms in total. The van der Waals surface area contributed by atoms with Gasteiger partial charge in [0.25, 0.3) is 0 Å². The number of likely N-dealkylation sites (tertiary alicyclic amines) is 1. The quantitative estimate of drug-likeness (QED) is 0.577. The van der Waals surface area contributed by atoms with Crippen molar-refractivity contribution in [2.45, 2.75) is 25.5 Å². The first-order valence-corrected chi connectivity index (χ1v) is 5.97. The predicted octanol–water partition coefficient (Wildman–Crippen LogP) is 0.642. The maximum Gasteiger partial charge on any atom is 0.246 e. The van der Waals surface area contributed by atoms with E-state index in [1.165, 1.54) is 0 Å². The number of aliphatic hydroxyl groups is 1. The molecule has 0 aliphatic carbocycles. The minimum Gasteiger partial charge on any atom is -0.391 e. The number of nitrogens with zero attached hydrogens (tertiary/aromatic N) is 2. The third-order valence-electron chi connectivity index (χ3n) is 2.79. The number of rotatable bonds is 4. The molecule has 1 aliphatic rings. The maximum absolute atomic E-state index is 11.9. The summed E-state index contributed by atoms with van der Waals surface area (Å²) in [6.45, 7) is 3.14. The van der Waals surface area contributed by atoms with E-state index in [1.807, 2.05) is 38.1 Å². The van der Waals surface area contributed by atoms with Crippen LogP contribution >= 0.6 is 0 Å². The third-order valence-corrected chi connectivity index (χ3v) is 2.79. The van der Waals surface area contributed by atoms with Gasteiger partial charge in [-0.1, -0.05) is 18.2 Å². The van der Waals surface area contributed by atoms with Crippen LogP contribution in [0.5, 0.6) is 0 Å². The van der Waals surface area contributed by atoms with Gasteiger partial charge in [0, 0.05) is 25.2 Å². The number of carbonyl (C=O) groups is 1. The molecule has 1 fully saturated rings. The van der Waals surface area contributed by atoms with E-state index < -0.39 is 0 Å². The average molecular weight is 238 g/mol. The summed E-state index contributed by atoms with van der Waals surface area (Å²) in [5, 5.41) is 9.65. The van der Waals surface area contributed by atoms with Crippen LogP contribution in [0.4, 0.5) is 0 Å². The van der Waals surface area contributed by atoms with E-state index in [0.717, 1.165) is 6.54 Å². The first kappa shape index (κ1) is 13.9. The molecule has 0 radical (unpaired) electrons. The van der Waals surface area contributed by atoms with Crippen molar-refractivity contribution in [3.05, 3.63) is 24.3 Å². The second kappa shape index (κ2) is 6.57. The molecule has 0 spiro atoms. The molecule has 1 rings (SSSR count). The molecule has 1 N–H and O–H groups in total. The first-order valence-electron chi connectivity index (χ1n) is 5.97. The highest BCUT2D eigenvalue weighted by atomic mass is 16.3. The monoisotopic (exact) mass is 238 g/mol. The van der Waals surface area contributed by atoms with Gasteiger partial charge in [-0.25, -0.2) is 0 Å². The van der Waals surface area contributed by atoms with E-state index in [9.17, 15) is 9.90 Å². The highest BCUT2D eigenvalue weighted by Gasteiger charge is 2.33. The van der Waals surface area contributed by atoms with E-state index in [-0.39, 0.29) is 18.1 Å². The first-order chi connectivity index (χ1) is 8.04. The second-order valence-electron chi connectivity index (χ2n) is 4.68. The lowest BCUT2D eigenvalue weighted by Gasteiger charge is -2.25. The lowest BCUT2D eigenvalue weighted by molar-refractivity contribution is -0.127. The van der Waals surface area contributed by atoms with E-state index in [2.05, 4.69) is 0 Å². The SMILES string of the molecule is CC=CC=CC(=O)N1CC(O)CC1CN(C)C. The molecule has 0 saturated carbocycles. The minimum absolute atomic E-state index is 0.0218. The molecule has 0 bridgehead atoms. The van der Waals surface area contributed by atoms with Crippen LogP contribution in [-0.2, 0) is 4.79 Å². The van der Waals surface area contributed by atoms with Gasteiger partial charge in [0.05, 0.1) is 6.10 Å². The van der Waals surface area contributed by atoms with Gasteiger partial charge in [-0.05, 0) is 27.4 Å². The van der Waals surface area contributed by atoms with Gasteiger partial charge < -0.3 is 14.9 Å². The number of carbonyl (C=O) groups excluding carboxylic acids is 1. The van der Waals surface area contributed by atoms with Crippen molar-refractivity contribution in [2.75, 3.05) is 27.2 Å². The summed E-state index contributed by atoms with van der Waals surface area (Å²) in [6.07, 6.45) is 7.27. The molecule has 0 aromatic rings. The summed E-state index contributed by atoms with van der Waals surface area (Å²) in [7, 11) is 3.95. The van der Waals surface area contributed by atoms with Crippen molar-refractivity contribution >= 4 is 5.91 Å². The molecule has 1 aliphatic heterocycles. The Hall–Kier alpha value is -1.13. The lowest BCUT2D eigenvalue weighted by Crippen LogP contribution is -2.40. The zero-order valence-corrected chi connectivity index (χ0v) is 10.8. The maximum atomic E-state index is 11.9. The molecule has 1 heterocycles. The third kappa shape index (κ3) is 4.32. The van der Waals surface area contributed by atoms with Crippen molar-refractivity contribution in [3.8, 4) is 0 Å². The van der Waals surface area contributed by atoms with Gasteiger partial charge in [0.15, 0.2) is 0 Å². The highest BCUT2D eigenvalue weighted by Crippen LogP contribution is 2.18. The van der Waals surface area contributed by atoms with Gasteiger partial charge >= 0.3 is 0 Å². The molecule has 0 aromatic heterocycles. The van der Waals surface area contributed by atoms with Crippen LogP contribution in [0.3, 0.4) is 0 Å². The van der Waals surface area contributed by atoms with Crippen LogP contribution in [0.2, 0.25) is 0 Å². The largest absolute Gasteiger partial charge is 0.391 e. The fourth-order valence-corrected chi connectivity index (χ4v) is 2.10. The van der Waals surface area contributed by atoms with E-state index in [0.29, 0.717) is 13.0 Å². The molecular weight excluding hydrogens is 216 g/mol. The predicted molar refractivity (Wildman–Crippen MR) is 68.6 cm³/mol. The standard InChI is InChI=1S/C13H22N2O2/c1-4-5-6-7-13(17)15-10-12(16)8-11(15)9-14(2)3/h4-7,11-12,16H,8-10H2,1-3H3. The second-order valence-corrected chi connectivity index (χ2v) is 4.68. The van der Waals surface area contributed by atoms with Crippen molar-refractivity contribution in [3.63, 3.8) is 0 Å². The summed E-state index contributed by atoms with van der Waals surface area (Å²) in [6, 6.07) is 0.114. The van der Waals surface area contributed by atoms with E-state index in [4.69, 9.17) is 0 Å². The molecule has 17 heavy (non-hydrogen) atoms. The van der Waals surface area contributed by atoms with Crippen molar-refractivity contribution in [1.29, 1.82) is 0 Å². The number of hydrogen-bond donors (Lipinski definition) is 1. The Morgan fingerprint density at radius 1 is 1.47 bits per heavy atom. The number of amides is 1. The van der Waals surface area contributed by atoms with Gasteiger partial charge in [0.1, 0.15) is 0 Å². The molecular formula is C13H22N2O2. The van der Waals surface area contributed by atoms with Gasteiger partial charge in [-0.2, -0.15) is 0 Å². The fourth-order valence-electron chi connectivity index (χ4n) is 2.10. The number of β-amino-alcohol motifs (C(OH)–C–C–N with tert-alkyl or cyclic N) is 1. The van der Waals surface area contributed by atoms with Crippen LogP contribution in [-0.4, -0.2) is 60.1 Å². The number of likely N-dealkylation sites (N-methyl/N-ethyl adjacent to an activating group) is 1.